The summed E-state index contributed by atoms with van der Waals surface area (Å²) in [6.45, 7) is 6.95. The number of halogens is 1. The van der Waals surface area contributed by atoms with Crippen LogP contribution in [0.25, 0.3) is 11.4 Å². The molecule has 1 fully saturated rings. The Hall–Kier alpha value is -4.08. The molecule has 2 aromatic carbocycles. The number of nitrogens with zero attached hydrogens (tertiary/aromatic N) is 3. The standard InChI is InChI=1S/C24H24FN5O4/c1-23(2,3)20-27-19(29-34-20)14-5-11-17(12-6-14)26-18(31)13-30-21(32)24(4,28-22(30)33)15-7-9-16(25)10-8-15/h5-12H,13H2,1-4H3,(H,26,31)(H,28,33). The maximum atomic E-state index is 13.3. The lowest BCUT2D eigenvalue weighted by Crippen LogP contribution is -2.42. The number of rotatable bonds is 5. The molecule has 0 aliphatic carbocycles. The highest BCUT2D eigenvalue weighted by atomic mass is 19.1. The van der Waals surface area contributed by atoms with E-state index in [1.807, 2.05) is 20.8 Å². The molecule has 0 saturated carbocycles. The van der Waals surface area contributed by atoms with Gasteiger partial charge in [-0.1, -0.05) is 38.1 Å². The van der Waals surface area contributed by atoms with Crippen LogP contribution in [0.2, 0.25) is 0 Å². The van der Waals surface area contributed by atoms with Gasteiger partial charge in [-0.25, -0.2) is 9.18 Å². The number of carbonyl (C=O) groups is 3. The Labute approximate surface area is 195 Å². The van der Waals surface area contributed by atoms with Gasteiger partial charge < -0.3 is 15.2 Å². The van der Waals surface area contributed by atoms with Gasteiger partial charge in [-0.2, -0.15) is 4.98 Å². The molecule has 34 heavy (non-hydrogen) atoms. The molecule has 4 amide bonds. The third kappa shape index (κ3) is 4.39. The van der Waals surface area contributed by atoms with Crippen LogP contribution in [0.4, 0.5) is 14.9 Å². The van der Waals surface area contributed by atoms with E-state index in [-0.39, 0.29) is 5.41 Å². The summed E-state index contributed by atoms with van der Waals surface area (Å²) in [5, 5.41) is 9.24. The van der Waals surface area contributed by atoms with Crippen molar-refractivity contribution in [2.75, 3.05) is 11.9 Å². The third-order valence-corrected chi connectivity index (χ3v) is 5.49. The number of benzene rings is 2. The maximum absolute atomic E-state index is 13.3. The molecule has 2 N–H and O–H groups in total. The van der Waals surface area contributed by atoms with Crippen molar-refractivity contribution < 1.29 is 23.3 Å². The summed E-state index contributed by atoms with van der Waals surface area (Å²) in [5.74, 6) is -0.654. The second-order valence-electron chi connectivity index (χ2n) is 9.25. The normalized spacial score (nSPS) is 18.2. The summed E-state index contributed by atoms with van der Waals surface area (Å²) in [4.78, 5) is 43.1. The van der Waals surface area contributed by atoms with E-state index in [2.05, 4.69) is 20.8 Å². The Morgan fingerprint density at radius 2 is 1.76 bits per heavy atom. The Morgan fingerprint density at radius 1 is 1.12 bits per heavy atom. The summed E-state index contributed by atoms with van der Waals surface area (Å²) in [7, 11) is 0. The van der Waals surface area contributed by atoms with Crippen molar-refractivity contribution in [2.45, 2.75) is 38.6 Å². The minimum Gasteiger partial charge on any atom is -0.338 e. The van der Waals surface area contributed by atoms with Gasteiger partial charge in [0.25, 0.3) is 5.91 Å². The van der Waals surface area contributed by atoms with Crippen LogP contribution in [0.3, 0.4) is 0 Å². The number of imide groups is 1. The minimum atomic E-state index is -1.39. The summed E-state index contributed by atoms with van der Waals surface area (Å²) in [6, 6.07) is 11.3. The number of hydrogen-bond acceptors (Lipinski definition) is 6. The lowest BCUT2D eigenvalue weighted by molar-refractivity contribution is -0.133. The summed E-state index contributed by atoms with van der Waals surface area (Å²) in [5.41, 5.74) is -0.0565. The Kier molecular flexibility index (Phi) is 5.68. The van der Waals surface area contributed by atoms with E-state index in [1.165, 1.54) is 31.2 Å². The second kappa shape index (κ2) is 8.36. The molecule has 1 saturated heterocycles. The van der Waals surface area contributed by atoms with E-state index < -0.39 is 35.7 Å². The van der Waals surface area contributed by atoms with Crippen LogP contribution >= 0.6 is 0 Å². The van der Waals surface area contributed by atoms with Crippen LogP contribution < -0.4 is 10.6 Å². The molecule has 0 bridgehead atoms. The number of nitrogens with one attached hydrogen (secondary N) is 2. The lowest BCUT2D eigenvalue weighted by atomic mass is 9.92. The van der Waals surface area contributed by atoms with Crippen molar-refractivity contribution in [3.63, 3.8) is 0 Å². The fourth-order valence-corrected chi connectivity index (χ4v) is 3.51. The highest BCUT2D eigenvalue weighted by Gasteiger charge is 2.49. The van der Waals surface area contributed by atoms with E-state index in [0.29, 0.717) is 28.5 Å². The second-order valence-corrected chi connectivity index (χ2v) is 9.25. The van der Waals surface area contributed by atoms with Gasteiger partial charge in [0.15, 0.2) is 0 Å². The van der Waals surface area contributed by atoms with Gasteiger partial charge in [0, 0.05) is 16.7 Å². The molecule has 1 aliphatic rings. The van der Waals surface area contributed by atoms with Gasteiger partial charge in [0.1, 0.15) is 17.9 Å². The van der Waals surface area contributed by atoms with Gasteiger partial charge in [-0.05, 0) is 48.9 Å². The zero-order valence-corrected chi connectivity index (χ0v) is 19.2. The number of anilines is 1. The van der Waals surface area contributed by atoms with Crippen molar-refractivity contribution in [3.05, 3.63) is 65.8 Å². The quantitative estimate of drug-likeness (QED) is 0.556. The van der Waals surface area contributed by atoms with E-state index in [9.17, 15) is 18.8 Å². The fourth-order valence-electron chi connectivity index (χ4n) is 3.51. The summed E-state index contributed by atoms with van der Waals surface area (Å²) < 4.78 is 18.6. The first kappa shape index (κ1) is 23.1. The van der Waals surface area contributed by atoms with E-state index in [4.69, 9.17) is 4.52 Å². The number of urea groups is 1. The number of hydrogen-bond donors (Lipinski definition) is 2. The molecule has 3 aromatic rings. The summed E-state index contributed by atoms with van der Waals surface area (Å²) >= 11 is 0. The van der Waals surface area contributed by atoms with Crippen LogP contribution in [0.15, 0.2) is 53.1 Å². The van der Waals surface area contributed by atoms with Crippen molar-refractivity contribution in [3.8, 4) is 11.4 Å². The van der Waals surface area contributed by atoms with E-state index >= 15 is 0 Å². The minimum absolute atomic E-state index is 0.273. The van der Waals surface area contributed by atoms with E-state index in [1.54, 1.807) is 24.3 Å². The van der Waals surface area contributed by atoms with Gasteiger partial charge in [0.05, 0.1) is 0 Å². The predicted octanol–water partition coefficient (Wildman–Crippen LogP) is 3.58. The number of amides is 4. The van der Waals surface area contributed by atoms with E-state index in [0.717, 1.165) is 4.90 Å². The van der Waals surface area contributed by atoms with Crippen molar-refractivity contribution in [1.29, 1.82) is 0 Å². The molecule has 0 spiro atoms. The van der Waals surface area contributed by atoms with Crippen LogP contribution in [0, 0.1) is 5.82 Å². The average Bonchev–Trinajstić information content (AvgIpc) is 3.35. The SMILES string of the molecule is CC(C)(C)c1nc(-c2ccc(NC(=O)CN3C(=O)NC(C)(c4ccc(F)cc4)C3=O)cc2)no1. The Morgan fingerprint density at radius 3 is 2.35 bits per heavy atom. The highest BCUT2D eigenvalue weighted by Crippen LogP contribution is 2.29. The number of aromatic nitrogens is 2. The summed E-state index contributed by atoms with van der Waals surface area (Å²) in [6.07, 6.45) is 0. The lowest BCUT2D eigenvalue weighted by Gasteiger charge is -2.22. The molecule has 10 heteroatoms. The zero-order chi connectivity index (χ0) is 24.7. The highest BCUT2D eigenvalue weighted by molar-refractivity contribution is 6.10. The third-order valence-electron chi connectivity index (χ3n) is 5.49. The number of carbonyl (C=O) groups excluding carboxylic acids is 3. The first-order valence-corrected chi connectivity index (χ1v) is 10.6. The first-order valence-electron chi connectivity index (χ1n) is 10.6. The largest absolute Gasteiger partial charge is 0.338 e. The van der Waals surface area contributed by atoms with Crippen molar-refractivity contribution in [1.82, 2.24) is 20.4 Å². The smallest absolute Gasteiger partial charge is 0.325 e. The van der Waals surface area contributed by atoms with Gasteiger partial charge in [-0.15, -0.1) is 0 Å². The average molecular weight is 465 g/mol. The van der Waals surface area contributed by atoms with Crippen LogP contribution in [0.1, 0.15) is 39.1 Å². The Bertz CT molecular complexity index is 1250. The molecule has 1 aliphatic heterocycles. The monoisotopic (exact) mass is 465 g/mol. The molecule has 0 radical (unpaired) electrons. The molecule has 9 nitrogen and oxygen atoms in total. The zero-order valence-electron chi connectivity index (χ0n) is 19.2. The van der Waals surface area contributed by atoms with Crippen LogP contribution in [-0.4, -0.2) is 39.4 Å². The fraction of sp³-hybridized carbons (Fsp3) is 0.292. The first-order chi connectivity index (χ1) is 16.0. The van der Waals surface area contributed by atoms with Crippen LogP contribution in [-0.2, 0) is 20.5 Å². The molecule has 4 rings (SSSR count). The molecule has 1 aromatic heterocycles. The molecular formula is C24H24FN5O4. The molecular weight excluding hydrogens is 441 g/mol. The Balaban J connectivity index is 1.41. The maximum Gasteiger partial charge on any atom is 0.325 e. The van der Waals surface area contributed by atoms with Gasteiger partial charge in [-0.3, -0.25) is 14.5 Å². The van der Waals surface area contributed by atoms with Crippen molar-refractivity contribution in [2.24, 2.45) is 0 Å². The molecule has 1 unspecified atom stereocenters. The molecule has 2 heterocycles. The van der Waals surface area contributed by atoms with Crippen LogP contribution in [0.5, 0.6) is 0 Å². The van der Waals surface area contributed by atoms with Gasteiger partial charge >= 0.3 is 6.03 Å². The molecule has 176 valence electrons. The predicted molar refractivity (Wildman–Crippen MR) is 121 cm³/mol. The topological polar surface area (TPSA) is 117 Å². The van der Waals surface area contributed by atoms with Gasteiger partial charge in [0.2, 0.25) is 17.6 Å². The molecule has 1 atom stereocenters. The van der Waals surface area contributed by atoms with Crippen molar-refractivity contribution >= 4 is 23.5 Å².